The molecule has 2 aromatic carbocycles. The van der Waals surface area contributed by atoms with Crippen molar-refractivity contribution in [2.45, 2.75) is 31.7 Å². The second kappa shape index (κ2) is 6.94. The monoisotopic (exact) mass is 319 g/mol. The van der Waals surface area contributed by atoms with E-state index in [0.717, 1.165) is 11.1 Å². The van der Waals surface area contributed by atoms with Crippen LogP contribution >= 0.6 is 0 Å². The Balaban J connectivity index is 2.18. The SMILES string of the molecule is CCOc1ccc(S(=O)(=O)N[C@@H](C)c2ccccc2C)cc1. The number of ether oxygens (including phenoxy) is 1. The van der Waals surface area contributed by atoms with Gasteiger partial charge in [-0.3, -0.25) is 0 Å². The van der Waals surface area contributed by atoms with E-state index in [-0.39, 0.29) is 10.9 Å². The summed E-state index contributed by atoms with van der Waals surface area (Å²) in [5, 5.41) is 0. The molecule has 0 saturated carbocycles. The van der Waals surface area contributed by atoms with Crippen LogP contribution in [0.3, 0.4) is 0 Å². The van der Waals surface area contributed by atoms with Crippen LogP contribution in [0.4, 0.5) is 0 Å². The summed E-state index contributed by atoms with van der Waals surface area (Å²) in [6.07, 6.45) is 0. The Hall–Kier alpha value is -1.85. The molecule has 22 heavy (non-hydrogen) atoms. The molecule has 118 valence electrons. The lowest BCUT2D eigenvalue weighted by molar-refractivity contribution is 0.340. The van der Waals surface area contributed by atoms with E-state index in [2.05, 4.69) is 4.72 Å². The molecule has 0 bridgehead atoms. The molecule has 0 fully saturated rings. The fraction of sp³-hybridized carbons (Fsp3) is 0.294. The summed E-state index contributed by atoms with van der Waals surface area (Å²) in [5.41, 5.74) is 2.03. The number of hydrogen-bond donors (Lipinski definition) is 1. The Bertz CT molecular complexity index is 724. The highest BCUT2D eigenvalue weighted by Crippen LogP contribution is 2.21. The highest BCUT2D eigenvalue weighted by molar-refractivity contribution is 7.89. The average molecular weight is 319 g/mol. The van der Waals surface area contributed by atoms with E-state index >= 15 is 0 Å². The molecule has 1 N–H and O–H groups in total. The molecule has 0 spiro atoms. The molecule has 2 rings (SSSR count). The first-order chi connectivity index (χ1) is 10.4. The van der Waals surface area contributed by atoms with E-state index in [1.54, 1.807) is 24.3 Å². The fourth-order valence-corrected chi connectivity index (χ4v) is 3.54. The van der Waals surface area contributed by atoms with Crippen molar-refractivity contribution < 1.29 is 13.2 Å². The lowest BCUT2D eigenvalue weighted by Crippen LogP contribution is -2.27. The maximum Gasteiger partial charge on any atom is 0.241 e. The Morgan fingerprint density at radius 2 is 1.73 bits per heavy atom. The zero-order chi connectivity index (χ0) is 16.2. The van der Waals surface area contributed by atoms with E-state index < -0.39 is 10.0 Å². The second-order valence-electron chi connectivity index (χ2n) is 5.10. The van der Waals surface area contributed by atoms with Crippen LogP contribution in [0.5, 0.6) is 5.75 Å². The highest BCUT2D eigenvalue weighted by Gasteiger charge is 2.19. The quantitative estimate of drug-likeness (QED) is 0.887. The van der Waals surface area contributed by atoms with Gasteiger partial charge in [0.1, 0.15) is 5.75 Å². The summed E-state index contributed by atoms with van der Waals surface area (Å²) >= 11 is 0. The number of sulfonamides is 1. The van der Waals surface area contributed by atoms with Crippen LogP contribution in [0.25, 0.3) is 0 Å². The number of aryl methyl sites for hydroxylation is 1. The Morgan fingerprint density at radius 1 is 1.09 bits per heavy atom. The molecule has 0 aliphatic carbocycles. The van der Waals surface area contributed by atoms with Crippen molar-refractivity contribution in [3.63, 3.8) is 0 Å². The maximum atomic E-state index is 12.4. The lowest BCUT2D eigenvalue weighted by atomic mass is 10.0. The van der Waals surface area contributed by atoms with Gasteiger partial charge < -0.3 is 4.74 Å². The van der Waals surface area contributed by atoms with Gasteiger partial charge >= 0.3 is 0 Å². The summed E-state index contributed by atoms with van der Waals surface area (Å²) in [5.74, 6) is 0.661. The van der Waals surface area contributed by atoms with E-state index in [1.165, 1.54) is 0 Å². The van der Waals surface area contributed by atoms with Crippen molar-refractivity contribution in [3.05, 3.63) is 59.7 Å². The second-order valence-corrected chi connectivity index (χ2v) is 6.82. The molecule has 0 unspecified atom stereocenters. The first-order valence-corrected chi connectivity index (χ1v) is 8.73. The van der Waals surface area contributed by atoms with Crippen molar-refractivity contribution in [3.8, 4) is 5.75 Å². The van der Waals surface area contributed by atoms with Gasteiger partial charge in [0.15, 0.2) is 0 Å². The van der Waals surface area contributed by atoms with Crippen molar-refractivity contribution in [1.82, 2.24) is 4.72 Å². The number of benzene rings is 2. The van der Waals surface area contributed by atoms with Crippen LogP contribution in [0, 0.1) is 6.92 Å². The summed E-state index contributed by atoms with van der Waals surface area (Å²) < 4.78 is 32.9. The van der Waals surface area contributed by atoms with Gasteiger partial charge in [-0.15, -0.1) is 0 Å². The Kier molecular flexibility index (Phi) is 5.21. The Morgan fingerprint density at radius 3 is 2.32 bits per heavy atom. The highest BCUT2D eigenvalue weighted by atomic mass is 32.2. The van der Waals surface area contributed by atoms with Gasteiger partial charge in [0, 0.05) is 6.04 Å². The van der Waals surface area contributed by atoms with Crippen LogP contribution < -0.4 is 9.46 Å². The molecule has 0 heterocycles. The summed E-state index contributed by atoms with van der Waals surface area (Å²) in [6, 6.07) is 13.9. The molecule has 0 aromatic heterocycles. The minimum atomic E-state index is -3.56. The van der Waals surface area contributed by atoms with Crippen molar-refractivity contribution >= 4 is 10.0 Å². The van der Waals surface area contributed by atoms with E-state index in [1.807, 2.05) is 45.0 Å². The van der Waals surface area contributed by atoms with Gasteiger partial charge in [-0.2, -0.15) is 0 Å². The van der Waals surface area contributed by atoms with Crippen molar-refractivity contribution in [1.29, 1.82) is 0 Å². The molecule has 1 atom stereocenters. The normalized spacial score (nSPS) is 12.9. The fourth-order valence-electron chi connectivity index (χ4n) is 2.32. The minimum absolute atomic E-state index is 0.233. The third kappa shape index (κ3) is 3.87. The zero-order valence-electron chi connectivity index (χ0n) is 13.0. The third-order valence-corrected chi connectivity index (χ3v) is 4.99. The first kappa shape index (κ1) is 16.5. The van der Waals surface area contributed by atoms with Crippen LogP contribution in [0.15, 0.2) is 53.4 Å². The van der Waals surface area contributed by atoms with Gasteiger partial charge in [-0.25, -0.2) is 13.1 Å². The van der Waals surface area contributed by atoms with Crippen LogP contribution in [-0.4, -0.2) is 15.0 Å². The summed E-state index contributed by atoms with van der Waals surface area (Å²) in [4.78, 5) is 0.233. The topological polar surface area (TPSA) is 55.4 Å². The molecule has 0 saturated heterocycles. The minimum Gasteiger partial charge on any atom is -0.494 e. The molecular weight excluding hydrogens is 298 g/mol. The molecular formula is C17H21NO3S. The van der Waals surface area contributed by atoms with E-state index in [9.17, 15) is 8.42 Å². The number of nitrogens with one attached hydrogen (secondary N) is 1. The van der Waals surface area contributed by atoms with E-state index in [4.69, 9.17) is 4.74 Å². The predicted molar refractivity (Wildman–Crippen MR) is 87.5 cm³/mol. The molecule has 0 amide bonds. The molecule has 0 radical (unpaired) electrons. The zero-order valence-corrected chi connectivity index (χ0v) is 13.9. The molecule has 5 heteroatoms. The third-order valence-electron chi connectivity index (χ3n) is 3.43. The van der Waals surface area contributed by atoms with Crippen molar-refractivity contribution in [2.24, 2.45) is 0 Å². The first-order valence-electron chi connectivity index (χ1n) is 7.24. The van der Waals surface area contributed by atoms with Gasteiger partial charge in [0.25, 0.3) is 0 Å². The predicted octanol–water partition coefficient (Wildman–Crippen LogP) is 3.43. The Labute approximate surface area is 132 Å². The molecule has 0 aliphatic rings. The summed E-state index contributed by atoms with van der Waals surface area (Å²) in [6.45, 7) is 6.25. The molecule has 4 nitrogen and oxygen atoms in total. The standard InChI is InChI=1S/C17H21NO3S/c1-4-21-15-9-11-16(12-10-15)22(19,20)18-14(3)17-8-6-5-7-13(17)2/h5-12,14,18H,4H2,1-3H3/t14-/m0/s1. The molecule has 0 aliphatic heterocycles. The van der Waals surface area contributed by atoms with Crippen LogP contribution in [0.1, 0.15) is 31.0 Å². The largest absolute Gasteiger partial charge is 0.494 e. The van der Waals surface area contributed by atoms with Gasteiger partial charge in [0.05, 0.1) is 11.5 Å². The van der Waals surface area contributed by atoms with E-state index in [0.29, 0.717) is 12.4 Å². The maximum absolute atomic E-state index is 12.4. The van der Waals surface area contributed by atoms with Gasteiger partial charge in [-0.05, 0) is 56.2 Å². The van der Waals surface area contributed by atoms with Crippen molar-refractivity contribution in [2.75, 3.05) is 6.61 Å². The number of rotatable bonds is 6. The van der Waals surface area contributed by atoms with Crippen LogP contribution in [-0.2, 0) is 10.0 Å². The summed E-state index contributed by atoms with van der Waals surface area (Å²) in [7, 11) is -3.56. The van der Waals surface area contributed by atoms with Gasteiger partial charge in [0.2, 0.25) is 10.0 Å². The lowest BCUT2D eigenvalue weighted by Gasteiger charge is -2.17. The average Bonchev–Trinajstić information content (AvgIpc) is 2.48. The van der Waals surface area contributed by atoms with Crippen LogP contribution in [0.2, 0.25) is 0 Å². The smallest absolute Gasteiger partial charge is 0.241 e. The van der Waals surface area contributed by atoms with Gasteiger partial charge in [-0.1, -0.05) is 24.3 Å². The number of hydrogen-bond acceptors (Lipinski definition) is 3. The molecule has 2 aromatic rings.